The van der Waals surface area contributed by atoms with Gasteiger partial charge >= 0.3 is 0 Å². The zero-order valence-electron chi connectivity index (χ0n) is 15.1. The van der Waals surface area contributed by atoms with E-state index < -0.39 is 11.2 Å². The molecule has 0 amide bonds. The minimum absolute atomic E-state index is 0.0822. The Morgan fingerprint density at radius 3 is 2.19 bits per heavy atom. The fraction of sp³-hybridized carbons (Fsp3) is 0.286. The van der Waals surface area contributed by atoms with Crippen LogP contribution in [0.2, 0.25) is 0 Å². The van der Waals surface area contributed by atoms with Crippen molar-refractivity contribution in [3.8, 4) is 28.6 Å². The molecular weight excluding hydrogens is 332 g/mol. The second kappa shape index (κ2) is 7.12. The highest BCUT2D eigenvalue weighted by molar-refractivity contribution is 5.93. The van der Waals surface area contributed by atoms with E-state index in [0.717, 1.165) is 0 Å². The van der Waals surface area contributed by atoms with Crippen molar-refractivity contribution >= 4 is 11.0 Å². The van der Waals surface area contributed by atoms with Crippen LogP contribution in [0.25, 0.3) is 22.3 Å². The van der Waals surface area contributed by atoms with E-state index in [1.54, 1.807) is 31.2 Å². The number of rotatable bonds is 5. The van der Waals surface area contributed by atoms with E-state index in [-0.39, 0.29) is 28.2 Å². The third-order valence-electron chi connectivity index (χ3n) is 4.47. The Kier molecular flexibility index (Phi) is 4.89. The van der Waals surface area contributed by atoms with Crippen LogP contribution in [-0.2, 0) is 12.8 Å². The van der Waals surface area contributed by atoms with Gasteiger partial charge in [-0.3, -0.25) is 4.79 Å². The second-order valence-corrected chi connectivity index (χ2v) is 5.95. The van der Waals surface area contributed by atoms with Gasteiger partial charge in [-0.1, -0.05) is 44.2 Å². The maximum absolute atomic E-state index is 13.0. The summed E-state index contributed by atoms with van der Waals surface area (Å²) >= 11 is 0. The van der Waals surface area contributed by atoms with Gasteiger partial charge in [0.2, 0.25) is 11.2 Å². The van der Waals surface area contributed by atoms with Gasteiger partial charge in [0, 0.05) is 16.7 Å². The molecule has 0 atom stereocenters. The minimum Gasteiger partial charge on any atom is -0.507 e. The molecule has 2 N–H and O–H groups in total. The molecular formula is C21H22O5. The first-order valence-corrected chi connectivity index (χ1v) is 8.79. The number of fused-ring (bicyclic) bond motifs is 1. The zero-order valence-corrected chi connectivity index (χ0v) is 15.1. The molecule has 1 heterocycles. The summed E-state index contributed by atoms with van der Waals surface area (Å²) < 4.78 is 11.6. The van der Waals surface area contributed by atoms with Crippen LogP contribution in [-0.4, -0.2) is 16.8 Å². The van der Waals surface area contributed by atoms with Gasteiger partial charge in [0.1, 0.15) is 22.5 Å². The largest absolute Gasteiger partial charge is 0.507 e. The molecule has 0 bridgehead atoms. The Hall–Kier alpha value is -2.95. The normalized spacial score (nSPS) is 11.0. The quantitative estimate of drug-likeness (QED) is 0.710. The fourth-order valence-electron chi connectivity index (χ4n) is 3.24. The molecule has 0 saturated carbocycles. The number of aromatic hydroxyl groups is 2. The van der Waals surface area contributed by atoms with Gasteiger partial charge in [0.05, 0.1) is 6.61 Å². The molecule has 0 saturated heterocycles. The maximum Gasteiger partial charge on any atom is 0.238 e. The highest BCUT2D eigenvalue weighted by Crippen LogP contribution is 2.42. The van der Waals surface area contributed by atoms with E-state index in [0.29, 0.717) is 36.1 Å². The number of hydrogen-bond acceptors (Lipinski definition) is 5. The maximum atomic E-state index is 13.0. The van der Waals surface area contributed by atoms with Crippen molar-refractivity contribution in [3.05, 3.63) is 51.7 Å². The van der Waals surface area contributed by atoms with E-state index >= 15 is 0 Å². The van der Waals surface area contributed by atoms with Crippen molar-refractivity contribution in [2.75, 3.05) is 6.61 Å². The van der Waals surface area contributed by atoms with Gasteiger partial charge in [-0.15, -0.1) is 0 Å². The third-order valence-corrected chi connectivity index (χ3v) is 4.47. The lowest BCUT2D eigenvalue weighted by Crippen LogP contribution is -2.09. The van der Waals surface area contributed by atoms with Crippen LogP contribution < -0.4 is 10.2 Å². The van der Waals surface area contributed by atoms with E-state index in [1.165, 1.54) is 0 Å². The number of aryl methyl sites for hydroxylation is 1. The zero-order chi connectivity index (χ0) is 18.8. The van der Waals surface area contributed by atoms with E-state index in [9.17, 15) is 15.0 Å². The fourth-order valence-corrected chi connectivity index (χ4v) is 3.24. The summed E-state index contributed by atoms with van der Waals surface area (Å²) in [7, 11) is 0. The molecule has 26 heavy (non-hydrogen) atoms. The smallest absolute Gasteiger partial charge is 0.238 e. The number of ether oxygens (including phenoxy) is 1. The Morgan fingerprint density at radius 1 is 0.962 bits per heavy atom. The molecule has 1 aromatic heterocycles. The summed E-state index contributed by atoms with van der Waals surface area (Å²) in [6, 6.07) is 8.92. The average Bonchev–Trinajstić information content (AvgIpc) is 2.65. The molecule has 0 radical (unpaired) electrons. The lowest BCUT2D eigenvalue weighted by molar-refractivity contribution is 0.336. The predicted octanol–water partition coefficient (Wildman–Crippen LogP) is 4.39. The summed E-state index contributed by atoms with van der Waals surface area (Å²) in [5.41, 5.74) is 1.37. The molecule has 0 aliphatic carbocycles. The Bertz CT molecular complexity index is 1000. The summed E-state index contributed by atoms with van der Waals surface area (Å²) in [5.74, 6) is -0.00879. The predicted molar refractivity (Wildman–Crippen MR) is 101 cm³/mol. The van der Waals surface area contributed by atoms with Crippen LogP contribution in [0.3, 0.4) is 0 Å². The molecule has 5 nitrogen and oxygen atoms in total. The van der Waals surface area contributed by atoms with Crippen LogP contribution in [0, 0.1) is 0 Å². The van der Waals surface area contributed by atoms with Gasteiger partial charge in [-0.25, -0.2) is 0 Å². The van der Waals surface area contributed by atoms with E-state index in [4.69, 9.17) is 9.15 Å². The lowest BCUT2D eigenvalue weighted by atomic mass is 9.98. The van der Waals surface area contributed by atoms with Crippen LogP contribution in [0.15, 0.2) is 39.5 Å². The molecule has 0 fully saturated rings. The first kappa shape index (κ1) is 17.9. The van der Waals surface area contributed by atoms with Gasteiger partial charge in [0.15, 0.2) is 5.76 Å². The second-order valence-electron chi connectivity index (χ2n) is 5.95. The molecule has 2 aromatic carbocycles. The Balaban J connectivity index is 2.51. The van der Waals surface area contributed by atoms with Crippen LogP contribution in [0.4, 0.5) is 0 Å². The number of hydrogen-bond donors (Lipinski definition) is 2. The molecule has 0 aliphatic heterocycles. The van der Waals surface area contributed by atoms with Gasteiger partial charge < -0.3 is 19.4 Å². The third kappa shape index (κ3) is 2.69. The van der Waals surface area contributed by atoms with Gasteiger partial charge in [-0.05, 0) is 19.8 Å². The average molecular weight is 354 g/mol. The molecule has 0 unspecified atom stereocenters. The molecule has 136 valence electrons. The van der Waals surface area contributed by atoms with Crippen molar-refractivity contribution in [1.29, 1.82) is 0 Å². The van der Waals surface area contributed by atoms with Crippen molar-refractivity contribution in [2.24, 2.45) is 0 Å². The minimum atomic E-state index is -0.557. The molecule has 0 spiro atoms. The van der Waals surface area contributed by atoms with Crippen molar-refractivity contribution in [2.45, 2.75) is 33.6 Å². The van der Waals surface area contributed by atoms with Crippen LogP contribution in [0.1, 0.15) is 31.9 Å². The van der Waals surface area contributed by atoms with Crippen molar-refractivity contribution in [3.63, 3.8) is 0 Å². The van der Waals surface area contributed by atoms with E-state index in [2.05, 4.69) is 0 Å². The molecule has 5 heteroatoms. The number of benzene rings is 2. The summed E-state index contributed by atoms with van der Waals surface area (Å²) in [6.45, 7) is 5.88. The Labute approximate surface area is 151 Å². The first-order valence-electron chi connectivity index (χ1n) is 8.79. The first-order chi connectivity index (χ1) is 12.5. The van der Waals surface area contributed by atoms with Crippen molar-refractivity contribution in [1.82, 2.24) is 0 Å². The lowest BCUT2D eigenvalue weighted by Gasteiger charge is -2.18. The molecule has 3 aromatic rings. The highest BCUT2D eigenvalue weighted by atomic mass is 16.5. The SMILES string of the molecule is CCOc1c(CC)c(O)c(CC)c2oc(-c3ccccc3)c(O)c(=O)c12. The highest BCUT2D eigenvalue weighted by Gasteiger charge is 2.26. The van der Waals surface area contributed by atoms with Crippen molar-refractivity contribution < 1.29 is 19.4 Å². The van der Waals surface area contributed by atoms with Gasteiger partial charge in [-0.2, -0.15) is 0 Å². The van der Waals surface area contributed by atoms with Crippen LogP contribution >= 0.6 is 0 Å². The monoisotopic (exact) mass is 354 g/mol. The van der Waals surface area contributed by atoms with Crippen LogP contribution in [0.5, 0.6) is 17.2 Å². The standard InChI is InChI=1S/C21H22O5/c1-4-13-16(22)14(5-2)21-15(20(13)25-6-3)17(23)18(24)19(26-21)12-10-8-7-9-11-12/h7-11,22,24H,4-6H2,1-3H3. The van der Waals surface area contributed by atoms with E-state index in [1.807, 2.05) is 19.9 Å². The summed E-state index contributed by atoms with van der Waals surface area (Å²) in [4.78, 5) is 13.0. The molecule has 3 rings (SSSR count). The topological polar surface area (TPSA) is 79.9 Å². The summed E-state index contributed by atoms with van der Waals surface area (Å²) in [6.07, 6.45) is 0.967. The Morgan fingerprint density at radius 2 is 1.62 bits per heavy atom. The molecule has 0 aliphatic rings. The summed E-state index contributed by atoms with van der Waals surface area (Å²) in [5, 5.41) is 21.4. The van der Waals surface area contributed by atoms with Gasteiger partial charge in [0.25, 0.3) is 0 Å². The number of phenols is 1. The number of phenolic OH excluding ortho intramolecular Hbond substituents is 1.